The first-order valence-corrected chi connectivity index (χ1v) is 7.39. The Morgan fingerprint density at radius 3 is 2.59 bits per heavy atom. The molecule has 0 amide bonds. The molecule has 0 saturated carbocycles. The molecule has 0 aromatic heterocycles. The first kappa shape index (κ1) is 18.0. The lowest BCUT2D eigenvalue weighted by molar-refractivity contribution is -0.160. The van der Waals surface area contributed by atoms with Crippen LogP contribution in [0.3, 0.4) is 0 Å². The Morgan fingerprint density at radius 1 is 1.36 bits per heavy atom. The van der Waals surface area contributed by atoms with Crippen molar-refractivity contribution in [3.05, 3.63) is 48.0 Å². The first-order chi connectivity index (χ1) is 10.2. The van der Waals surface area contributed by atoms with E-state index < -0.39 is 11.6 Å². The van der Waals surface area contributed by atoms with E-state index in [-0.39, 0.29) is 17.5 Å². The van der Waals surface area contributed by atoms with Gasteiger partial charge in [0.25, 0.3) is 0 Å². The summed E-state index contributed by atoms with van der Waals surface area (Å²) in [6.07, 6.45) is 3.58. The third kappa shape index (κ3) is 6.12. The van der Waals surface area contributed by atoms with Gasteiger partial charge in [0.15, 0.2) is 0 Å². The van der Waals surface area contributed by atoms with Crippen LogP contribution in [-0.4, -0.2) is 22.6 Å². The number of carboxylic acids is 1. The van der Waals surface area contributed by atoms with Crippen molar-refractivity contribution in [3.63, 3.8) is 0 Å². The summed E-state index contributed by atoms with van der Waals surface area (Å²) in [5.74, 6) is -1.53. The van der Waals surface area contributed by atoms with E-state index in [2.05, 4.69) is 6.58 Å². The van der Waals surface area contributed by atoms with Crippen LogP contribution in [0.15, 0.2) is 36.9 Å². The molecular formula is C18H24O4. The lowest BCUT2D eigenvalue weighted by Crippen LogP contribution is -2.29. The van der Waals surface area contributed by atoms with Crippen molar-refractivity contribution in [2.24, 2.45) is 5.92 Å². The topological polar surface area (TPSA) is 63.6 Å². The van der Waals surface area contributed by atoms with Gasteiger partial charge < -0.3 is 9.84 Å². The average Bonchev–Trinajstić information content (AvgIpc) is 2.41. The van der Waals surface area contributed by atoms with E-state index in [0.29, 0.717) is 19.3 Å². The molecule has 0 bridgehead atoms. The Balaban J connectivity index is 2.88. The van der Waals surface area contributed by atoms with Gasteiger partial charge in [-0.15, -0.1) is 6.58 Å². The molecule has 1 atom stereocenters. The number of aromatic carboxylic acids is 1. The Labute approximate surface area is 131 Å². The summed E-state index contributed by atoms with van der Waals surface area (Å²) in [5, 5.41) is 9.04. The molecule has 4 heteroatoms. The van der Waals surface area contributed by atoms with E-state index in [4.69, 9.17) is 9.84 Å². The van der Waals surface area contributed by atoms with Crippen molar-refractivity contribution in [1.82, 2.24) is 0 Å². The van der Waals surface area contributed by atoms with Crippen LogP contribution in [0, 0.1) is 5.92 Å². The Morgan fingerprint density at radius 2 is 2.05 bits per heavy atom. The van der Waals surface area contributed by atoms with Gasteiger partial charge in [0.05, 0.1) is 11.5 Å². The van der Waals surface area contributed by atoms with Crippen LogP contribution in [0.25, 0.3) is 0 Å². The van der Waals surface area contributed by atoms with Crippen LogP contribution < -0.4 is 0 Å². The number of rotatable bonds is 7. The van der Waals surface area contributed by atoms with Crippen LogP contribution in [-0.2, 0) is 16.0 Å². The van der Waals surface area contributed by atoms with E-state index >= 15 is 0 Å². The van der Waals surface area contributed by atoms with E-state index in [1.807, 2.05) is 26.8 Å². The Kier molecular flexibility index (Phi) is 6.35. The van der Waals surface area contributed by atoms with Gasteiger partial charge in [-0.3, -0.25) is 4.79 Å². The van der Waals surface area contributed by atoms with Crippen molar-refractivity contribution in [2.75, 3.05) is 0 Å². The number of esters is 1. The number of carbonyl (C=O) groups excluding carboxylic acids is 1. The number of carboxylic acid groups (broad SMARTS) is 1. The van der Waals surface area contributed by atoms with Crippen LogP contribution >= 0.6 is 0 Å². The SMILES string of the molecule is C=CCCC(Cc1cccc(C(=O)O)c1)C(=O)OC(C)(C)C. The summed E-state index contributed by atoms with van der Waals surface area (Å²) < 4.78 is 5.46. The highest BCUT2D eigenvalue weighted by Crippen LogP contribution is 2.20. The van der Waals surface area contributed by atoms with Crippen molar-refractivity contribution in [3.8, 4) is 0 Å². The molecule has 1 unspecified atom stereocenters. The van der Waals surface area contributed by atoms with Gasteiger partial charge in [0, 0.05) is 0 Å². The highest BCUT2D eigenvalue weighted by atomic mass is 16.6. The second-order valence-electron chi connectivity index (χ2n) is 6.31. The number of allylic oxidation sites excluding steroid dienone is 1. The Bertz CT molecular complexity index is 540. The maximum absolute atomic E-state index is 12.3. The lowest BCUT2D eigenvalue weighted by Gasteiger charge is -2.24. The summed E-state index contributed by atoms with van der Waals surface area (Å²) in [6.45, 7) is 9.18. The van der Waals surface area contributed by atoms with Crippen LogP contribution in [0.5, 0.6) is 0 Å². The molecule has 0 spiro atoms. The predicted octanol–water partition coefficient (Wildman–Crippen LogP) is 3.85. The Hall–Kier alpha value is -2.10. The summed E-state index contributed by atoms with van der Waals surface area (Å²) in [6, 6.07) is 6.67. The van der Waals surface area contributed by atoms with Gasteiger partial charge in [-0.1, -0.05) is 18.2 Å². The zero-order chi connectivity index (χ0) is 16.8. The van der Waals surface area contributed by atoms with Gasteiger partial charge in [-0.2, -0.15) is 0 Å². The van der Waals surface area contributed by atoms with E-state index in [1.54, 1.807) is 18.2 Å². The normalized spacial score (nSPS) is 12.5. The van der Waals surface area contributed by atoms with E-state index in [0.717, 1.165) is 5.56 Å². The molecular weight excluding hydrogens is 280 g/mol. The molecule has 0 heterocycles. The summed E-state index contributed by atoms with van der Waals surface area (Å²) in [5.41, 5.74) is 0.510. The minimum Gasteiger partial charge on any atom is -0.478 e. The minimum atomic E-state index is -0.971. The highest BCUT2D eigenvalue weighted by Gasteiger charge is 2.25. The van der Waals surface area contributed by atoms with E-state index in [1.165, 1.54) is 6.07 Å². The fourth-order valence-electron chi connectivity index (χ4n) is 2.12. The summed E-state index contributed by atoms with van der Waals surface area (Å²) >= 11 is 0. The second-order valence-corrected chi connectivity index (χ2v) is 6.31. The molecule has 1 rings (SSSR count). The van der Waals surface area contributed by atoms with Crippen molar-refractivity contribution >= 4 is 11.9 Å². The van der Waals surface area contributed by atoms with E-state index in [9.17, 15) is 9.59 Å². The first-order valence-electron chi connectivity index (χ1n) is 7.39. The minimum absolute atomic E-state index is 0.226. The molecule has 22 heavy (non-hydrogen) atoms. The summed E-state index contributed by atoms with van der Waals surface area (Å²) in [7, 11) is 0. The van der Waals surface area contributed by atoms with Crippen molar-refractivity contribution < 1.29 is 19.4 Å². The number of hydrogen-bond acceptors (Lipinski definition) is 3. The lowest BCUT2D eigenvalue weighted by atomic mass is 9.93. The maximum Gasteiger partial charge on any atom is 0.335 e. The van der Waals surface area contributed by atoms with Gasteiger partial charge in [-0.05, 0) is 57.7 Å². The molecule has 0 aliphatic heterocycles. The zero-order valence-corrected chi connectivity index (χ0v) is 13.5. The molecule has 1 N–H and O–H groups in total. The van der Waals surface area contributed by atoms with Crippen LogP contribution in [0.4, 0.5) is 0 Å². The molecule has 0 aliphatic carbocycles. The fourth-order valence-corrected chi connectivity index (χ4v) is 2.12. The number of carbonyl (C=O) groups is 2. The van der Waals surface area contributed by atoms with Crippen LogP contribution in [0.2, 0.25) is 0 Å². The zero-order valence-electron chi connectivity index (χ0n) is 13.5. The third-order valence-electron chi connectivity index (χ3n) is 3.12. The number of benzene rings is 1. The second kappa shape index (κ2) is 7.78. The molecule has 0 aliphatic rings. The summed E-state index contributed by atoms with van der Waals surface area (Å²) in [4.78, 5) is 23.3. The smallest absolute Gasteiger partial charge is 0.335 e. The average molecular weight is 304 g/mol. The molecule has 1 aromatic carbocycles. The molecule has 120 valence electrons. The molecule has 1 aromatic rings. The van der Waals surface area contributed by atoms with Gasteiger partial charge in [-0.25, -0.2) is 4.79 Å². The predicted molar refractivity (Wildman–Crippen MR) is 85.9 cm³/mol. The largest absolute Gasteiger partial charge is 0.478 e. The monoisotopic (exact) mass is 304 g/mol. The molecule has 0 saturated heterocycles. The van der Waals surface area contributed by atoms with Crippen molar-refractivity contribution in [2.45, 2.75) is 45.6 Å². The van der Waals surface area contributed by atoms with Crippen LogP contribution in [0.1, 0.15) is 49.5 Å². The molecule has 4 nitrogen and oxygen atoms in total. The van der Waals surface area contributed by atoms with Gasteiger partial charge in [0.1, 0.15) is 5.60 Å². The molecule has 0 fully saturated rings. The fraction of sp³-hybridized carbons (Fsp3) is 0.444. The number of ether oxygens (including phenoxy) is 1. The van der Waals surface area contributed by atoms with Gasteiger partial charge in [0.2, 0.25) is 0 Å². The quantitative estimate of drug-likeness (QED) is 0.614. The number of hydrogen-bond donors (Lipinski definition) is 1. The standard InChI is InChI=1S/C18H24O4/c1-5-6-9-15(17(21)22-18(2,3)4)12-13-8-7-10-14(11-13)16(19)20/h5,7-8,10-11,15H,1,6,9,12H2,2-4H3,(H,19,20). The maximum atomic E-state index is 12.3. The third-order valence-corrected chi connectivity index (χ3v) is 3.12. The highest BCUT2D eigenvalue weighted by molar-refractivity contribution is 5.87. The van der Waals surface area contributed by atoms with Gasteiger partial charge >= 0.3 is 11.9 Å². The van der Waals surface area contributed by atoms with Crippen molar-refractivity contribution in [1.29, 1.82) is 0 Å². The molecule has 0 radical (unpaired) electrons.